The Bertz CT molecular complexity index is 745. The van der Waals surface area contributed by atoms with Crippen molar-refractivity contribution in [3.05, 3.63) is 28.7 Å². The summed E-state index contributed by atoms with van der Waals surface area (Å²) in [4.78, 5) is 26.1. The molecule has 0 bridgehead atoms. The van der Waals surface area contributed by atoms with Gasteiger partial charge in [0.05, 0.1) is 24.7 Å². The smallest absolute Gasteiger partial charge is 0.326 e. The number of thioether (sulfide) groups is 1. The topological polar surface area (TPSA) is 65.1 Å². The van der Waals surface area contributed by atoms with E-state index < -0.39 is 5.97 Å². The zero-order valence-corrected chi connectivity index (χ0v) is 16.7. The predicted octanol–water partition coefficient (Wildman–Crippen LogP) is 3.25. The maximum Gasteiger partial charge on any atom is 0.326 e. The van der Waals surface area contributed by atoms with Gasteiger partial charge >= 0.3 is 5.97 Å². The van der Waals surface area contributed by atoms with Crippen molar-refractivity contribution in [2.75, 3.05) is 20.3 Å². The van der Waals surface area contributed by atoms with Crippen LogP contribution in [0.3, 0.4) is 0 Å². The van der Waals surface area contributed by atoms with Crippen LogP contribution >= 0.6 is 24.0 Å². The molecule has 0 aliphatic carbocycles. The van der Waals surface area contributed by atoms with Crippen molar-refractivity contribution in [1.29, 1.82) is 0 Å². The van der Waals surface area contributed by atoms with Crippen LogP contribution in [0.1, 0.15) is 26.3 Å². The van der Waals surface area contributed by atoms with Crippen LogP contribution in [-0.4, -0.2) is 47.5 Å². The van der Waals surface area contributed by atoms with E-state index in [0.29, 0.717) is 27.3 Å². The summed E-state index contributed by atoms with van der Waals surface area (Å²) in [5, 5.41) is 0. The highest BCUT2D eigenvalue weighted by Crippen LogP contribution is 2.34. The number of methoxy groups -OCH3 is 1. The molecule has 1 aliphatic heterocycles. The normalized spacial score (nSPS) is 15.7. The summed E-state index contributed by atoms with van der Waals surface area (Å²) in [7, 11) is 1.56. The number of benzene rings is 1. The Kier molecular flexibility index (Phi) is 7.05. The largest absolute Gasteiger partial charge is 0.493 e. The van der Waals surface area contributed by atoms with E-state index in [1.807, 2.05) is 13.0 Å². The first-order valence-corrected chi connectivity index (χ1v) is 9.33. The first kappa shape index (κ1) is 20.3. The molecule has 0 radical (unpaired) electrons. The third kappa shape index (κ3) is 4.98. The van der Waals surface area contributed by atoms with Gasteiger partial charge in [0.25, 0.3) is 5.91 Å². The lowest BCUT2D eigenvalue weighted by atomic mass is 10.2. The van der Waals surface area contributed by atoms with E-state index in [9.17, 15) is 9.59 Å². The van der Waals surface area contributed by atoms with E-state index in [2.05, 4.69) is 0 Å². The van der Waals surface area contributed by atoms with E-state index in [1.165, 1.54) is 4.90 Å². The number of rotatable bonds is 7. The molecule has 1 aliphatic rings. The van der Waals surface area contributed by atoms with Crippen LogP contribution in [-0.2, 0) is 14.3 Å². The zero-order valence-electron chi connectivity index (χ0n) is 15.1. The number of hydrogen-bond acceptors (Lipinski definition) is 7. The Labute approximate surface area is 162 Å². The third-order valence-corrected chi connectivity index (χ3v) is 4.69. The highest BCUT2D eigenvalue weighted by Gasteiger charge is 2.34. The second-order valence-electron chi connectivity index (χ2n) is 5.65. The van der Waals surface area contributed by atoms with Crippen LogP contribution in [0.5, 0.6) is 11.5 Å². The molecule has 2 rings (SSSR count). The number of amides is 1. The van der Waals surface area contributed by atoms with Crippen molar-refractivity contribution >= 4 is 46.3 Å². The van der Waals surface area contributed by atoms with Gasteiger partial charge in [-0.2, -0.15) is 0 Å². The Morgan fingerprint density at radius 1 is 1.35 bits per heavy atom. The van der Waals surface area contributed by atoms with Crippen molar-refractivity contribution < 1.29 is 23.8 Å². The molecule has 1 aromatic carbocycles. The zero-order chi connectivity index (χ0) is 19.3. The molecule has 1 fully saturated rings. The van der Waals surface area contributed by atoms with E-state index in [-0.39, 0.29) is 18.6 Å². The molecule has 0 N–H and O–H groups in total. The van der Waals surface area contributed by atoms with Crippen LogP contribution in [0, 0.1) is 0 Å². The van der Waals surface area contributed by atoms with Gasteiger partial charge < -0.3 is 14.2 Å². The lowest BCUT2D eigenvalue weighted by Gasteiger charge is -2.14. The molecular weight excluding hydrogens is 374 g/mol. The number of carbonyl (C=O) groups excluding carboxylic acids is 2. The molecule has 0 saturated carbocycles. The molecule has 0 spiro atoms. The monoisotopic (exact) mass is 395 g/mol. The summed E-state index contributed by atoms with van der Waals surface area (Å²) in [6, 6.07) is 5.40. The van der Waals surface area contributed by atoms with E-state index in [1.54, 1.807) is 39.2 Å². The van der Waals surface area contributed by atoms with E-state index in [4.69, 9.17) is 26.4 Å². The van der Waals surface area contributed by atoms with E-state index >= 15 is 0 Å². The van der Waals surface area contributed by atoms with Crippen LogP contribution < -0.4 is 9.47 Å². The summed E-state index contributed by atoms with van der Waals surface area (Å²) in [6.07, 6.45) is 1.47. The Hall–Kier alpha value is -2.06. The SMILES string of the molecule is CCOc1ccc(/C=C2\SC(=S)N(CC(=O)OC(C)C)C2=O)cc1OC. The average Bonchev–Trinajstić information content (AvgIpc) is 2.83. The van der Waals surface area contributed by atoms with Crippen molar-refractivity contribution in [2.45, 2.75) is 26.9 Å². The summed E-state index contributed by atoms with van der Waals surface area (Å²) in [5.74, 6) is 0.418. The molecule has 1 amide bonds. The lowest BCUT2D eigenvalue weighted by Crippen LogP contribution is -2.35. The van der Waals surface area contributed by atoms with Gasteiger partial charge in [-0.15, -0.1) is 0 Å². The molecular formula is C18H21NO5S2. The van der Waals surface area contributed by atoms with Crippen LogP contribution in [0.2, 0.25) is 0 Å². The lowest BCUT2D eigenvalue weighted by molar-refractivity contribution is -0.149. The van der Waals surface area contributed by atoms with Gasteiger partial charge in [0, 0.05) is 0 Å². The van der Waals surface area contributed by atoms with Gasteiger partial charge in [-0.05, 0) is 44.5 Å². The van der Waals surface area contributed by atoms with Gasteiger partial charge in [0.1, 0.15) is 10.9 Å². The van der Waals surface area contributed by atoms with Gasteiger partial charge in [0.15, 0.2) is 11.5 Å². The van der Waals surface area contributed by atoms with Crippen molar-refractivity contribution in [2.24, 2.45) is 0 Å². The van der Waals surface area contributed by atoms with Crippen molar-refractivity contribution in [1.82, 2.24) is 4.90 Å². The molecule has 1 heterocycles. The first-order valence-electron chi connectivity index (χ1n) is 8.11. The maximum absolute atomic E-state index is 12.6. The van der Waals surface area contributed by atoms with Gasteiger partial charge in [-0.25, -0.2) is 0 Å². The van der Waals surface area contributed by atoms with Crippen LogP contribution in [0.15, 0.2) is 23.1 Å². The fourth-order valence-electron chi connectivity index (χ4n) is 2.27. The van der Waals surface area contributed by atoms with Crippen LogP contribution in [0.4, 0.5) is 0 Å². The highest BCUT2D eigenvalue weighted by molar-refractivity contribution is 8.26. The fraction of sp³-hybridized carbons (Fsp3) is 0.389. The number of carbonyl (C=O) groups is 2. The fourth-order valence-corrected chi connectivity index (χ4v) is 3.52. The minimum absolute atomic E-state index is 0.188. The summed E-state index contributed by atoms with van der Waals surface area (Å²) in [5.41, 5.74) is 0.774. The Morgan fingerprint density at radius 2 is 2.08 bits per heavy atom. The van der Waals surface area contributed by atoms with E-state index in [0.717, 1.165) is 17.3 Å². The van der Waals surface area contributed by atoms with Gasteiger partial charge in [0.2, 0.25) is 0 Å². The molecule has 0 aromatic heterocycles. The van der Waals surface area contributed by atoms with Crippen molar-refractivity contribution in [3.63, 3.8) is 0 Å². The molecule has 26 heavy (non-hydrogen) atoms. The number of thiocarbonyl (C=S) groups is 1. The number of esters is 1. The van der Waals surface area contributed by atoms with Crippen LogP contribution in [0.25, 0.3) is 6.08 Å². The summed E-state index contributed by atoms with van der Waals surface area (Å²) < 4.78 is 16.2. The first-order chi connectivity index (χ1) is 12.3. The molecule has 0 atom stereocenters. The van der Waals surface area contributed by atoms with Gasteiger partial charge in [-0.1, -0.05) is 30.0 Å². The molecule has 1 aromatic rings. The third-order valence-electron chi connectivity index (χ3n) is 3.31. The molecule has 8 heteroatoms. The second-order valence-corrected chi connectivity index (χ2v) is 7.33. The molecule has 6 nitrogen and oxygen atoms in total. The quantitative estimate of drug-likeness (QED) is 0.399. The minimum atomic E-state index is -0.486. The molecule has 0 unspecified atom stereocenters. The number of hydrogen-bond donors (Lipinski definition) is 0. The second kappa shape index (κ2) is 9.05. The maximum atomic E-state index is 12.6. The molecule has 140 valence electrons. The van der Waals surface area contributed by atoms with Gasteiger partial charge in [-0.3, -0.25) is 14.5 Å². The van der Waals surface area contributed by atoms with Crippen molar-refractivity contribution in [3.8, 4) is 11.5 Å². The summed E-state index contributed by atoms with van der Waals surface area (Å²) >= 11 is 6.38. The minimum Gasteiger partial charge on any atom is -0.493 e. The average molecular weight is 396 g/mol. The number of nitrogens with zero attached hydrogens (tertiary/aromatic N) is 1. The Balaban J connectivity index is 2.18. The Morgan fingerprint density at radius 3 is 2.69 bits per heavy atom. The predicted molar refractivity (Wildman–Crippen MR) is 105 cm³/mol. The highest BCUT2D eigenvalue weighted by atomic mass is 32.2. The molecule has 1 saturated heterocycles. The standard InChI is InChI=1S/C18H21NO5S2/c1-5-23-13-7-6-12(8-14(13)22-4)9-15-17(21)19(18(25)26-15)10-16(20)24-11(2)3/h6-9,11H,5,10H2,1-4H3/b15-9-. The summed E-state index contributed by atoms with van der Waals surface area (Å²) in [6.45, 7) is 5.74. The number of ether oxygens (including phenoxy) is 3.